The quantitative estimate of drug-likeness (QED) is 0.524. The molecule has 0 aliphatic rings. The first-order valence-corrected chi connectivity index (χ1v) is 8.58. The van der Waals surface area contributed by atoms with Crippen molar-refractivity contribution in [1.29, 1.82) is 0 Å². The molecule has 0 saturated carbocycles. The molecule has 3 aromatic carbocycles. The van der Waals surface area contributed by atoms with E-state index in [1.165, 1.54) is 7.11 Å². The van der Waals surface area contributed by atoms with Gasteiger partial charge in [0.1, 0.15) is 18.1 Å². The van der Waals surface area contributed by atoms with Crippen LogP contribution in [0.2, 0.25) is 0 Å². The van der Waals surface area contributed by atoms with E-state index in [1.807, 2.05) is 54.6 Å². The number of rotatable bonds is 5. The maximum absolute atomic E-state index is 12.2. The summed E-state index contributed by atoms with van der Waals surface area (Å²) in [5.74, 6) is 0.948. The van der Waals surface area contributed by atoms with E-state index in [0.717, 1.165) is 33.1 Å². The summed E-state index contributed by atoms with van der Waals surface area (Å²) in [4.78, 5) is 15.5. The summed E-state index contributed by atoms with van der Waals surface area (Å²) in [7, 11) is 3.00. The van der Waals surface area contributed by atoms with Gasteiger partial charge < -0.3 is 19.2 Å². The van der Waals surface area contributed by atoms with Gasteiger partial charge in [-0.1, -0.05) is 30.3 Å². The SMILES string of the molecule is COC(=O)c1cc(OCc2ccccc2)c2[nH]c3ccc(OC)cc3c2c1. The Hall–Kier alpha value is -3.47. The maximum Gasteiger partial charge on any atom is 0.338 e. The number of aromatic amines is 1. The van der Waals surface area contributed by atoms with Gasteiger partial charge in [0.2, 0.25) is 0 Å². The third-order valence-corrected chi connectivity index (χ3v) is 4.54. The molecule has 0 atom stereocenters. The van der Waals surface area contributed by atoms with Crippen molar-refractivity contribution >= 4 is 27.8 Å². The fourth-order valence-corrected chi connectivity index (χ4v) is 3.16. The van der Waals surface area contributed by atoms with Crippen molar-refractivity contribution in [1.82, 2.24) is 4.98 Å². The van der Waals surface area contributed by atoms with Crippen molar-refractivity contribution in [2.45, 2.75) is 6.61 Å². The zero-order chi connectivity index (χ0) is 18.8. The Labute approximate surface area is 156 Å². The van der Waals surface area contributed by atoms with Crippen LogP contribution in [0.5, 0.6) is 11.5 Å². The number of H-pyrrole nitrogens is 1. The van der Waals surface area contributed by atoms with E-state index in [0.29, 0.717) is 17.9 Å². The monoisotopic (exact) mass is 361 g/mol. The zero-order valence-electron chi connectivity index (χ0n) is 15.1. The normalized spacial score (nSPS) is 10.9. The molecule has 1 N–H and O–H groups in total. The minimum atomic E-state index is -0.404. The molecule has 0 radical (unpaired) electrons. The molecule has 0 saturated heterocycles. The molecule has 0 bridgehead atoms. The molecule has 4 rings (SSSR count). The molecule has 0 amide bonds. The van der Waals surface area contributed by atoms with Gasteiger partial charge in [0, 0.05) is 16.3 Å². The summed E-state index contributed by atoms with van der Waals surface area (Å²) in [6.45, 7) is 0.402. The summed E-state index contributed by atoms with van der Waals surface area (Å²) in [5, 5.41) is 1.84. The lowest BCUT2D eigenvalue weighted by atomic mass is 10.1. The molecule has 0 fully saturated rings. The van der Waals surface area contributed by atoms with Crippen molar-refractivity contribution in [3.8, 4) is 11.5 Å². The van der Waals surface area contributed by atoms with Crippen LogP contribution in [-0.4, -0.2) is 25.2 Å². The molecule has 4 aromatic rings. The molecule has 1 heterocycles. The van der Waals surface area contributed by atoms with Crippen molar-refractivity contribution in [3.63, 3.8) is 0 Å². The smallest absolute Gasteiger partial charge is 0.338 e. The van der Waals surface area contributed by atoms with Gasteiger partial charge in [-0.15, -0.1) is 0 Å². The highest BCUT2D eigenvalue weighted by atomic mass is 16.5. The van der Waals surface area contributed by atoms with Gasteiger partial charge in [-0.3, -0.25) is 0 Å². The molecule has 0 aliphatic heterocycles. The van der Waals surface area contributed by atoms with E-state index in [2.05, 4.69) is 4.98 Å². The second-order valence-electron chi connectivity index (χ2n) is 6.20. The number of ether oxygens (including phenoxy) is 3. The van der Waals surface area contributed by atoms with Gasteiger partial charge in [-0.05, 0) is 35.9 Å². The topological polar surface area (TPSA) is 60.5 Å². The first-order chi connectivity index (χ1) is 13.2. The summed E-state index contributed by atoms with van der Waals surface area (Å²) in [6, 6.07) is 19.2. The molecular formula is C22H19NO4. The van der Waals surface area contributed by atoms with Crippen LogP contribution in [0.4, 0.5) is 0 Å². The number of benzene rings is 3. The van der Waals surface area contributed by atoms with E-state index >= 15 is 0 Å². The van der Waals surface area contributed by atoms with Gasteiger partial charge in [0.25, 0.3) is 0 Å². The van der Waals surface area contributed by atoms with E-state index in [9.17, 15) is 4.79 Å². The Balaban J connectivity index is 1.86. The van der Waals surface area contributed by atoms with Crippen molar-refractivity contribution in [2.75, 3.05) is 14.2 Å². The highest BCUT2D eigenvalue weighted by Gasteiger charge is 2.16. The lowest BCUT2D eigenvalue weighted by molar-refractivity contribution is 0.0600. The number of aromatic nitrogens is 1. The van der Waals surface area contributed by atoms with E-state index < -0.39 is 5.97 Å². The lowest BCUT2D eigenvalue weighted by Gasteiger charge is -2.09. The van der Waals surface area contributed by atoms with Crippen LogP contribution in [0.25, 0.3) is 21.8 Å². The third kappa shape index (κ3) is 3.19. The largest absolute Gasteiger partial charge is 0.497 e. The van der Waals surface area contributed by atoms with Gasteiger partial charge >= 0.3 is 5.97 Å². The molecule has 1 aromatic heterocycles. The predicted octanol–water partition coefficient (Wildman–Crippen LogP) is 4.70. The van der Waals surface area contributed by atoms with Crippen molar-refractivity contribution in [2.24, 2.45) is 0 Å². The number of carbonyl (C=O) groups is 1. The Morgan fingerprint density at radius 2 is 1.78 bits per heavy atom. The standard InChI is InChI=1S/C22H19NO4/c1-25-16-8-9-19-17(12-16)18-10-15(22(24)26-2)11-20(21(18)23-19)27-13-14-6-4-3-5-7-14/h3-12,23H,13H2,1-2H3. The highest BCUT2D eigenvalue weighted by molar-refractivity contribution is 6.12. The Morgan fingerprint density at radius 1 is 0.963 bits per heavy atom. The van der Waals surface area contributed by atoms with Crippen molar-refractivity contribution < 1.29 is 19.0 Å². The number of esters is 1. The summed E-state index contributed by atoms with van der Waals surface area (Å²) >= 11 is 0. The minimum absolute atomic E-state index is 0.402. The Bertz CT molecular complexity index is 1120. The zero-order valence-corrected chi connectivity index (χ0v) is 15.1. The van der Waals surface area contributed by atoms with Crippen LogP contribution in [0.15, 0.2) is 60.7 Å². The molecule has 0 unspecified atom stereocenters. The van der Waals surface area contributed by atoms with E-state index in [-0.39, 0.29) is 0 Å². The Kier molecular flexibility index (Phi) is 4.42. The number of methoxy groups -OCH3 is 2. The number of carbonyl (C=O) groups excluding carboxylic acids is 1. The van der Waals surface area contributed by atoms with Gasteiger partial charge in [0.05, 0.1) is 25.3 Å². The molecule has 27 heavy (non-hydrogen) atoms. The molecule has 0 spiro atoms. The van der Waals surface area contributed by atoms with Gasteiger partial charge in [0.15, 0.2) is 0 Å². The molecule has 136 valence electrons. The highest BCUT2D eigenvalue weighted by Crippen LogP contribution is 2.35. The van der Waals surface area contributed by atoms with Crippen molar-refractivity contribution in [3.05, 3.63) is 71.8 Å². The first kappa shape index (κ1) is 17.0. The average Bonchev–Trinajstić information content (AvgIpc) is 3.10. The summed E-state index contributed by atoms with van der Waals surface area (Å²) in [6.07, 6.45) is 0. The number of nitrogens with one attached hydrogen (secondary N) is 1. The van der Waals surface area contributed by atoms with Crippen LogP contribution in [-0.2, 0) is 11.3 Å². The fourth-order valence-electron chi connectivity index (χ4n) is 3.16. The third-order valence-electron chi connectivity index (χ3n) is 4.54. The van der Waals surface area contributed by atoms with Crippen LogP contribution >= 0.6 is 0 Å². The average molecular weight is 361 g/mol. The fraction of sp³-hybridized carbons (Fsp3) is 0.136. The predicted molar refractivity (Wildman–Crippen MR) is 104 cm³/mol. The molecular weight excluding hydrogens is 342 g/mol. The number of hydrogen-bond acceptors (Lipinski definition) is 4. The second-order valence-corrected chi connectivity index (χ2v) is 6.20. The summed E-state index contributed by atoms with van der Waals surface area (Å²) < 4.78 is 16.3. The second kappa shape index (κ2) is 7.03. The minimum Gasteiger partial charge on any atom is -0.497 e. The summed E-state index contributed by atoms with van der Waals surface area (Å²) in [5.41, 5.74) is 3.27. The molecule has 5 nitrogen and oxygen atoms in total. The van der Waals surface area contributed by atoms with Gasteiger partial charge in [-0.25, -0.2) is 4.79 Å². The molecule has 0 aliphatic carbocycles. The van der Waals surface area contributed by atoms with E-state index in [4.69, 9.17) is 14.2 Å². The number of fused-ring (bicyclic) bond motifs is 3. The van der Waals surface area contributed by atoms with Crippen LogP contribution in [0.1, 0.15) is 15.9 Å². The van der Waals surface area contributed by atoms with E-state index in [1.54, 1.807) is 13.2 Å². The molecule has 5 heteroatoms. The van der Waals surface area contributed by atoms with Gasteiger partial charge in [-0.2, -0.15) is 0 Å². The Morgan fingerprint density at radius 3 is 2.52 bits per heavy atom. The van der Waals surface area contributed by atoms with Crippen LogP contribution in [0.3, 0.4) is 0 Å². The maximum atomic E-state index is 12.2. The van der Waals surface area contributed by atoms with Crippen LogP contribution in [0, 0.1) is 0 Å². The number of hydrogen-bond donors (Lipinski definition) is 1. The van der Waals surface area contributed by atoms with Crippen LogP contribution < -0.4 is 9.47 Å². The lowest BCUT2D eigenvalue weighted by Crippen LogP contribution is -2.03. The first-order valence-electron chi connectivity index (χ1n) is 8.58.